The van der Waals surface area contributed by atoms with E-state index in [2.05, 4.69) is 30.8 Å². The van der Waals surface area contributed by atoms with E-state index in [-0.39, 0.29) is 12.8 Å². The number of imidazole rings is 1. The van der Waals surface area contributed by atoms with Crippen molar-refractivity contribution in [1.82, 2.24) is 14.4 Å². The first-order valence-electron chi connectivity index (χ1n) is 7.76. The minimum absolute atomic E-state index is 0.0801. The van der Waals surface area contributed by atoms with Gasteiger partial charge in [-0.2, -0.15) is 0 Å². The van der Waals surface area contributed by atoms with Crippen LogP contribution in [0.1, 0.15) is 25.7 Å². The lowest BCUT2D eigenvalue weighted by Crippen LogP contribution is -2.47. The highest BCUT2D eigenvalue weighted by Gasteiger charge is 2.55. The fraction of sp³-hybridized carbons (Fsp3) is 0.600. The van der Waals surface area contributed by atoms with Crippen molar-refractivity contribution in [3.63, 3.8) is 0 Å². The van der Waals surface area contributed by atoms with Crippen LogP contribution < -0.4 is 10.6 Å². The van der Waals surface area contributed by atoms with Gasteiger partial charge in [-0.1, -0.05) is 0 Å². The van der Waals surface area contributed by atoms with Gasteiger partial charge in [0.1, 0.15) is 0 Å². The molecular weight excluding hydrogens is 368 g/mol. The molecule has 0 radical (unpaired) electrons. The van der Waals surface area contributed by atoms with Gasteiger partial charge in [0, 0.05) is 50.6 Å². The van der Waals surface area contributed by atoms with E-state index < -0.39 is 17.4 Å². The molecule has 2 aromatic rings. The fourth-order valence-electron chi connectivity index (χ4n) is 4.07. The Labute approximate surface area is 141 Å². The van der Waals surface area contributed by atoms with Crippen LogP contribution in [0.3, 0.4) is 0 Å². The van der Waals surface area contributed by atoms with Crippen molar-refractivity contribution >= 4 is 27.5 Å². The number of halogens is 3. The number of hydrogen-bond acceptors (Lipinski definition) is 4. The maximum absolute atomic E-state index is 13.7. The number of anilines is 1. The summed E-state index contributed by atoms with van der Waals surface area (Å²) in [6.07, 6.45) is 6.41. The Morgan fingerprint density at radius 1 is 1.26 bits per heavy atom. The van der Waals surface area contributed by atoms with Gasteiger partial charge in [0.25, 0.3) is 0 Å². The first-order valence-corrected chi connectivity index (χ1v) is 8.56. The predicted octanol–water partition coefficient (Wildman–Crippen LogP) is 2.83. The van der Waals surface area contributed by atoms with Crippen LogP contribution in [-0.2, 0) is 0 Å². The summed E-state index contributed by atoms with van der Waals surface area (Å²) < 4.78 is 30.2. The van der Waals surface area contributed by atoms with Gasteiger partial charge in [-0.3, -0.25) is 4.40 Å². The van der Waals surface area contributed by atoms with Crippen LogP contribution in [-0.4, -0.2) is 39.4 Å². The molecule has 2 N–H and O–H groups in total. The van der Waals surface area contributed by atoms with E-state index in [4.69, 9.17) is 5.73 Å². The molecule has 5 nitrogen and oxygen atoms in total. The minimum Gasteiger partial charge on any atom is -0.342 e. The average molecular weight is 386 g/mol. The Morgan fingerprint density at radius 2 is 2.00 bits per heavy atom. The molecule has 4 rings (SSSR count). The van der Waals surface area contributed by atoms with Crippen molar-refractivity contribution in [3.8, 4) is 0 Å². The Hall–Kier alpha value is -1.28. The molecule has 1 aliphatic heterocycles. The molecule has 2 aromatic heterocycles. The normalized spacial score (nSPS) is 26.3. The predicted molar refractivity (Wildman–Crippen MR) is 86.7 cm³/mol. The highest BCUT2D eigenvalue weighted by atomic mass is 79.9. The molecule has 0 aromatic carbocycles. The van der Waals surface area contributed by atoms with Crippen molar-refractivity contribution < 1.29 is 8.78 Å². The lowest BCUT2D eigenvalue weighted by atomic mass is 9.74. The molecule has 1 atom stereocenters. The van der Waals surface area contributed by atoms with E-state index in [1.807, 2.05) is 10.6 Å². The number of alkyl halides is 2. The molecule has 0 unspecified atom stereocenters. The summed E-state index contributed by atoms with van der Waals surface area (Å²) in [6, 6.07) is -0.411. The summed E-state index contributed by atoms with van der Waals surface area (Å²) in [6.45, 7) is 1.37. The van der Waals surface area contributed by atoms with Crippen LogP contribution >= 0.6 is 15.9 Å². The SMILES string of the molecule is N[C@@H]1CC(F)(F)CC12CCN(c1ncc(Br)c3nccn13)CC2. The van der Waals surface area contributed by atoms with Crippen molar-refractivity contribution in [2.45, 2.75) is 37.6 Å². The topological polar surface area (TPSA) is 59.5 Å². The second-order valence-electron chi connectivity index (χ2n) is 6.72. The lowest BCUT2D eigenvalue weighted by molar-refractivity contribution is -0.00685. The molecule has 1 saturated heterocycles. The highest BCUT2D eigenvalue weighted by molar-refractivity contribution is 9.10. The van der Waals surface area contributed by atoms with Crippen molar-refractivity contribution in [1.29, 1.82) is 0 Å². The molecule has 2 aliphatic rings. The number of piperidine rings is 1. The van der Waals surface area contributed by atoms with Crippen molar-refractivity contribution in [2.24, 2.45) is 11.1 Å². The number of nitrogens with two attached hydrogens (primary N) is 1. The largest absolute Gasteiger partial charge is 0.342 e. The van der Waals surface area contributed by atoms with E-state index in [9.17, 15) is 8.78 Å². The molecule has 3 heterocycles. The Kier molecular flexibility index (Phi) is 3.39. The van der Waals surface area contributed by atoms with Crippen LogP contribution in [0.4, 0.5) is 14.7 Å². The van der Waals surface area contributed by atoms with E-state index in [0.29, 0.717) is 25.9 Å². The molecule has 1 spiro atoms. The first kappa shape index (κ1) is 15.3. The molecular formula is C15H18BrF2N5. The second kappa shape index (κ2) is 5.11. The summed E-state index contributed by atoms with van der Waals surface area (Å²) in [5.74, 6) is -1.82. The molecule has 0 amide bonds. The van der Waals surface area contributed by atoms with Crippen LogP contribution in [0.2, 0.25) is 0 Å². The molecule has 1 aliphatic carbocycles. The summed E-state index contributed by atoms with van der Waals surface area (Å²) in [5, 5.41) is 0. The Bertz CT molecular complexity index is 739. The summed E-state index contributed by atoms with van der Waals surface area (Å²) in [4.78, 5) is 10.9. The van der Waals surface area contributed by atoms with Crippen LogP contribution in [0.25, 0.3) is 5.65 Å². The first-order chi connectivity index (χ1) is 10.9. The monoisotopic (exact) mass is 385 g/mol. The molecule has 1 saturated carbocycles. The highest BCUT2D eigenvalue weighted by Crippen LogP contribution is 2.52. The zero-order valence-electron chi connectivity index (χ0n) is 12.6. The number of hydrogen-bond donors (Lipinski definition) is 1. The molecule has 23 heavy (non-hydrogen) atoms. The Balaban J connectivity index is 1.58. The zero-order valence-corrected chi connectivity index (χ0v) is 14.1. The fourth-order valence-corrected chi connectivity index (χ4v) is 4.46. The molecule has 0 bridgehead atoms. The number of fused-ring (bicyclic) bond motifs is 1. The van der Waals surface area contributed by atoms with E-state index in [1.165, 1.54) is 0 Å². The van der Waals surface area contributed by atoms with Crippen LogP contribution in [0, 0.1) is 5.41 Å². The number of nitrogens with zero attached hydrogens (tertiary/aromatic N) is 4. The van der Waals surface area contributed by atoms with Gasteiger partial charge in [-0.05, 0) is 34.2 Å². The van der Waals surface area contributed by atoms with Gasteiger partial charge in [0.05, 0.1) is 4.47 Å². The zero-order chi connectivity index (χ0) is 16.2. The smallest absolute Gasteiger partial charge is 0.250 e. The van der Waals surface area contributed by atoms with Gasteiger partial charge >= 0.3 is 0 Å². The standard InChI is InChI=1S/C15H18BrF2N5/c16-10-8-21-13(23-6-3-20-12(10)23)22-4-1-14(2-5-22)9-15(17,18)7-11(14)19/h3,6,8,11H,1-2,4-5,7,9,19H2/t11-/m1/s1. The van der Waals surface area contributed by atoms with E-state index >= 15 is 0 Å². The van der Waals surface area contributed by atoms with E-state index in [0.717, 1.165) is 16.1 Å². The van der Waals surface area contributed by atoms with Gasteiger partial charge in [-0.15, -0.1) is 0 Å². The molecule has 8 heteroatoms. The quantitative estimate of drug-likeness (QED) is 0.819. The maximum atomic E-state index is 13.7. The van der Waals surface area contributed by atoms with Crippen molar-refractivity contribution in [2.75, 3.05) is 18.0 Å². The van der Waals surface area contributed by atoms with E-state index in [1.54, 1.807) is 12.4 Å². The molecule has 2 fully saturated rings. The third-order valence-corrected chi connectivity index (χ3v) is 5.88. The number of rotatable bonds is 1. The van der Waals surface area contributed by atoms with Gasteiger partial charge in [0.2, 0.25) is 11.9 Å². The molecule has 124 valence electrons. The second-order valence-corrected chi connectivity index (χ2v) is 7.57. The Morgan fingerprint density at radius 3 is 2.65 bits per heavy atom. The average Bonchev–Trinajstić information content (AvgIpc) is 3.05. The third kappa shape index (κ3) is 2.42. The lowest BCUT2D eigenvalue weighted by Gasteiger charge is -2.42. The van der Waals surface area contributed by atoms with Gasteiger partial charge < -0.3 is 10.6 Å². The summed E-state index contributed by atoms with van der Waals surface area (Å²) in [7, 11) is 0. The summed E-state index contributed by atoms with van der Waals surface area (Å²) >= 11 is 3.44. The minimum atomic E-state index is -2.62. The van der Waals surface area contributed by atoms with Gasteiger partial charge in [0.15, 0.2) is 5.65 Å². The summed E-state index contributed by atoms with van der Waals surface area (Å²) in [5.41, 5.74) is 6.44. The van der Waals surface area contributed by atoms with Gasteiger partial charge in [-0.25, -0.2) is 18.7 Å². The number of aromatic nitrogens is 3. The van der Waals surface area contributed by atoms with Crippen molar-refractivity contribution in [3.05, 3.63) is 23.1 Å². The van der Waals surface area contributed by atoms with Crippen LogP contribution in [0.5, 0.6) is 0 Å². The van der Waals surface area contributed by atoms with Crippen LogP contribution in [0.15, 0.2) is 23.1 Å². The third-order valence-electron chi connectivity index (χ3n) is 5.32. The maximum Gasteiger partial charge on any atom is 0.250 e.